The molecule has 1 aliphatic rings. The van der Waals surface area contributed by atoms with Gasteiger partial charge >= 0.3 is 0 Å². The van der Waals surface area contributed by atoms with Crippen molar-refractivity contribution in [2.75, 3.05) is 18.9 Å². The molecule has 0 atom stereocenters. The topological polar surface area (TPSA) is 54.0 Å². The molecule has 1 fully saturated rings. The maximum absolute atomic E-state index is 13.1. The molecule has 2 N–H and O–H groups in total. The average Bonchev–Trinajstić information content (AvgIpc) is 2.89. The van der Waals surface area contributed by atoms with Crippen molar-refractivity contribution in [3.8, 4) is 0 Å². The lowest BCUT2D eigenvalue weighted by Gasteiger charge is -2.12. The molecule has 0 aromatic carbocycles. The van der Waals surface area contributed by atoms with Gasteiger partial charge in [0.25, 0.3) is 5.91 Å². The van der Waals surface area contributed by atoms with Gasteiger partial charge in [0.1, 0.15) is 11.6 Å². The molecule has 1 aliphatic carbocycles. The van der Waals surface area contributed by atoms with E-state index in [1.807, 2.05) is 0 Å². The summed E-state index contributed by atoms with van der Waals surface area (Å²) in [5.41, 5.74) is 0.260. The lowest BCUT2D eigenvalue weighted by atomic mass is 10.1. The van der Waals surface area contributed by atoms with Crippen molar-refractivity contribution in [1.82, 2.24) is 10.3 Å². The van der Waals surface area contributed by atoms with Crippen LogP contribution in [0.2, 0.25) is 0 Å². The van der Waals surface area contributed by atoms with Gasteiger partial charge in [0.2, 0.25) is 0 Å². The molecule has 0 radical (unpaired) electrons. The summed E-state index contributed by atoms with van der Waals surface area (Å²) in [6, 6.07) is 1.21. The third-order valence-electron chi connectivity index (χ3n) is 3.36. The number of anilines is 1. The van der Waals surface area contributed by atoms with E-state index in [0.717, 1.165) is 6.20 Å². The summed E-state index contributed by atoms with van der Waals surface area (Å²) < 4.78 is 13.1. The fraction of sp³-hybridized carbons (Fsp3) is 0.538. The molecule has 1 saturated carbocycles. The summed E-state index contributed by atoms with van der Waals surface area (Å²) in [5, 5.41) is 5.65. The standard InChI is InChI=1S/C13H18FN3O/c1-15-12-11(6-10(14)8-16-12)13(18)17-7-9-4-2-3-5-9/h6,8-9H,2-5,7H2,1H3,(H,15,16)(H,17,18). The van der Waals surface area contributed by atoms with Gasteiger partial charge in [0.05, 0.1) is 11.8 Å². The Bertz CT molecular complexity index is 430. The van der Waals surface area contributed by atoms with E-state index in [9.17, 15) is 9.18 Å². The van der Waals surface area contributed by atoms with Crippen molar-refractivity contribution >= 4 is 11.7 Å². The van der Waals surface area contributed by atoms with Gasteiger partial charge in [-0.25, -0.2) is 9.37 Å². The molecule has 18 heavy (non-hydrogen) atoms. The lowest BCUT2D eigenvalue weighted by Crippen LogP contribution is -2.29. The summed E-state index contributed by atoms with van der Waals surface area (Å²) in [5.74, 6) is 0.201. The molecular formula is C13H18FN3O. The van der Waals surface area contributed by atoms with Crippen LogP contribution in [0.4, 0.5) is 10.2 Å². The van der Waals surface area contributed by atoms with Gasteiger partial charge in [-0.05, 0) is 24.8 Å². The second kappa shape index (κ2) is 5.80. The summed E-state index contributed by atoms with van der Waals surface area (Å²) in [4.78, 5) is 15.8. The van der Waals surface area contributed by atoms with Crippen molar-refractivity contribution in [3.05, 3.63) is 23.6 Å². The first-order valence-corrected chi connectivity index (χ1v) is 6.32. The van der Waals surface area contributed by atoms with Crippen molar-refractivity contribution in [3.63, 3.8) is 0 Å². The molecule has 0 unspecified atom stereocenters. The summed E-state index contributed by atoms with van der Waals surface area (Å²) in [7, 11) is 1.66. The van der Waals surface area contributed by atoms with Crippen LogP contribution in [0.15, 0.2) is 12.3 Å². The van der Waals surface area contributed by atoms with E-state index in [-0.39, 0.29) is 11.5 Å². The van der Waals surface area contributed by atoms with Crippen molar-refractivity contribution < 1.29 is 9.18 Å². The molecule has 0 saturated heterocycles. The van der Waals surface area contributed by atoms with E-state index in [2.05, 4.69) is 15.6 Å². The van der Waals surface area contributed by atoms with Crippen LogP contribution in [0.1, 0.15) is 36.0 Å². The first kappa shape index (κ1) is 12.8. The lowest BCUT2D eigenvalue weighted by molar-refractivity contribution is 0.0947. The van der Waals surface area contributed by atoms with E-state index >= 15 is 0 Å². The Morgan fingerprint density at radius 1 is 1.50 bits per heavy atom. The van der Waals surface area contributed by atoms with Gasteiger partial charge < -0.3 is 10.6 Å². The maximum Gasteiger partial charge on any atom is 0.255 e. The van der Waals surface area contributed by atoms with E-state index in [0.29, 0.717) is 18.3 Å². The van der Waals surface area contributed by atoms with E-state index in [1.54, 1.807) is 7.05 Å². The number of nitrogens with one attached hydrogen (secondary N) is 2. The Labute approximate surface area is 106 Å². The molecule has 1 heterocycles. The van der Waals surface area contributed by atoms with Gasteiger partial charge in [-0.1, -0.05) is 12.8 Å². The summed E-state index contributed by atoms with van der Waals surface area (Å²) in [6.07, 6.45) is 5.91. The normalized spacial score (nSPS) is 15.7. The number of carbonyl (C=O) groups is 1. The number of pyridine rings is 1. The molecule has 4 nitrogen and oxygen atoms in total. The SMILES string of the molecule is CNc1ncc(F)cc1C(=O)NCC1CCCC1. The molecule has 0 aliphatic heterocycles. The Morgan fingerprint density at radius 3 is 2.89 bits per heavy atom. The zero-order valence-corrected chi connectivity index (χ0v) is 10.5. The monoisotopic (exact) mass is 251 g/mol. The second-order valence-electron chi connectivity index (χ2n) is 4.66. The molecule has 0 bridgehead atoms. The number of amides is 1. The largest absolute Gasteiger partial charge is 0.372 e. The van der Waals surface area contributed by atoms with Crippen LogP contribution in [0.25, 0.3) is 0 Å². The first-order valence-electron chi connectivity index (χ1n) is 6.32. The Hall–Kier alpha value is -1.65. The smallest absolute Gasteiger partial charge is 0.255 e. The van der Waals surface area contributed by atoms with Gasteiger partial charge in [-0.3, -0.25) is 4.79 Å². The van der Waals surface area contributed by atoms with Crippen LogP contribution < -0.4 is 10.6 Å². The first-order chi connectivity index (χ1) is 8.70. The predicted octanol–water partition coefficient (Wildman–Crippen LogP) is 2.18. The minimum Gasteiger partial charge on any atom is -0.372 e. The minimum absolute atomic E-state index is 0.260. The second-order valence-corrected chi connectivity index (χ2v) is 4.66. The third kappa shape index (κ3) is 2.97. The Balaban J connectivity index is 2.00. The van der Waals surface area contributed by atoms with Gasteiger partial charge in [-0.2, -0.15) is 0 Å². The Kier molecular flexibility index (Phi) is 4.12. The molecule has 2 rings (SSSR count). The van der Waals surface area contributed by atoms with E-state index < -0.39 is 5.82 Å². The van der Waals surface area contributed by atoms with Crippen molar-refractivity contribution in [2.24, 2.45) is 5.92 Å². The molecule has 1 amide bonds. The number of aromatic nitrogens is 1. The molecule has 1 aromatic heterocycles. The number of hydrogen-bond acceptors (Lipinski definition) is 3. The highest BCUT2D eigenvalue weighted by Crippen LogP contribution is 2.24. The van der Waals surface area contributed by atoms with Gasteiger partial charge in [-0.15, -0.1) is 0 Å². The highest BCUT2D eigenvalue weighted by atomic mass is 19.1. The zero-order valence-electron chi connectivity index (χ0n) is 10.5. The van der Waals surface area contributed by atoms with Crippen LogP contribution in [-0.2, 0) is 0 Å². The van der Waals surface area contributed by atoms with Crippen LogP contribution in [0, 0.1) is 11.7 Å². The molecule has 1 aromatic rings. The predicted molar refractivity (Wildman–Crippen MR) is 68.0 cm³/mol. The summed E-state index contributed by atoms with van der Waals surface area (Å²) in [6.45, 7) is 0.665. The van der Waals surface area contributed by atoms with Gasteiger partial charge in [0, 0.05) is 13.6 Å². The number of carbonyl (C=O) groups excluding carboxylic acids is 1. The van der Waals surface area contributed by atoms with Crippen LogP contribution in [0.5, 0.6) is 0 Å². The quantitative estimate of drug-likeness (QED) is 0.862. The Morgan fingerprint density at radius 2 is 2.22 bits per heavy atom. The molecule has 5 heteroatoms. The fourth-order valence-electron chi connectivity index (χ4n) is 2.36. The average molecular weight is 251 g/mol. The molecular weight excluding hydrogens is 233 g/mol. The maximum atomic E-state index is 13.1. The van der Waals surface area contributed by atoms with Crippen molar-refractivity contribution in [2.45, 2.75) is 25.7 Å². The molecule has 98 valence electrons. The van der Waals surface area contributed by atoms with E-state index in [4.69, 9.17) is 0 Å². The van der Waals surface area contributed by atoms with Crippen molar-refractivity contribution in [1.29, 1.82) is 0 Å². The number of hydrogen-bond donors (Lipinski definition) is 2. The highest BCUT2D eigenvalue weighted by molar-refractivity contribution is 5.98. The van der Waals surface area contributed by atoms with Crippen LogP contribution >= 0.6 is 0 Å². The molecule has 0 spiro atoms. The number of rotatable bonds is 4. The van der Waals surface area contributed by atoms with Crippen LogP contribution in [-0.4, -0.2) is 24.5 Å². The fourth-order valence-corrected chi connectivity index (χ4v) is 2.36. The number of halogens is 1. The zero-order chi connectivity index (χ0) is 13.0. The minimum atomic E-state index is -0.500. The van der Waals surface area contributed by atoms with Gasteiger partial charge in [0.15, 0.2) is 0 Å². The highest BCUT2D eigenvalue weighted by Gasteiger charge is 2.18. The summed E-state index contributed by atoms with van der Waals surface area (Å²) >= 11 is 0. The van der Waals surface area contributed by atoms with E-state index in [1.165, 1.54) is 31.7 Å². The number of nitrogens with zero attached hydrogens (tertiary/aromatic N) is 1. The third-order valence-corrected chi connectivity index (χ3v) is 3.36. The van der Waals surface area contributed by atoms with Crippen LogP contribution in [0.3, 0.4) is 0 Å².